The van der Waals surface area contributed by atoms with Gasteiger partial charge in [-0.05, 0) is 118 Å². The standard InChI is InChI=1S/C58H35N/c1-2-17-36(18-3-1)55-43-25-4-6-27-45(43)56(46-28-7-5-26-44(46)55)37-19-16-20-38(33-37)57-49-34-48-41-23-10-14-31-52(41)58(53(48)35-47(49)42-24-11-15-32-54(42)59-57)50-29-12-8-21-39(50)40-22-9-13-30-51(40)58/h1-35H. The molecular formula is C58H35N. The first-order valence-electron chi connectivity index (χ1n) is 20.5. The van der Waals surface area contributed by atoms with Gasteiger partial charge in [-0.15, -0.1) is 0 Å². The Hall–Kier alpha value is -7.61. The van der Waals surface area contributed by atoms with Gasteiger partial charge in [-0.2, -0.15) is 0 Å². The van der Waals surface area contributed by atoms with Crippen molar-refractivity contribution < 1.29 is 0 Å². The van der Waals surface area contributed by atoms with Crippen LogP contribution in [0.4, 0.5) is 0 Å². The number of hydrogen-bond acceptors (Lipinski definition) is 1. The first-order chi connectivity index (χ1) is 29.3. The van der Waals surface area contributed by atoms with Crippen LogP contribution in [0.15, 0.2) is 212 Å². The summed E-state index contributed by atoms with van der Waals surface area (Å²) >= 11 is 0. The third kappa shape index (κ3) is 4.37. The maximum Gasteiger partial charge on any atom is 0.0788 e. The van der Waals surface area contributed by atoms with Crippen LogP contribution in [0, 0.1) is 0 Å². The molecule has 1 aromatic heterocycles. The highest BCUT2D eigenvalue weighted by molar-refractivity contribution is 6.22. The molecule has 13 rings (SSSR count). The molecule has 0 bridgehead atoms. The molecule has 1 nitrogen and oxygen atoms in total. The smallest absolute Gasteiger partial charge is 0.0788 e. The second-order valence-electron chi connectivity index (χ2n) is 16.1. The van der Waals surface area contributed by atoms with Crippen LogP contribution in [-0.4, -0.2) is 4.98 Å². The van der Waals surface area contributed by atoms with E-state index >= 15 is 0 Å². The Kier molecular flexibility index (Phi) is 6.71. The number of aromatic nitrogens is 1. The fraction of sp³-hybridized carbons (Fsp3) is 0.0172. The lowest BCUT2D eigenvalue weighted by Gasteiger charge is -2.30. The number of benzene rings is 10. The maximum atomic E-state index is 5.53. The molecule has 0 fully saturated rings. The van der Waals surface area contributed by atoms with E-state index < -0.39 is 5.41 Å². The largest absolute Gasteiger partial charge is 0.247 e. The summed E-state index contributed by atoms with van der Waals surface area (Å²) < 4.78 is 0. The third-order valence-corrected chi connectivity index (χ3v) is 13.2. The van der Waals surface area contributed by atoms with Crippen LogP contribution in [0.25, 0.3) is 99.0 Å². The van der Waals surface area contributed by atoms with Crippen LogP contribution in [0.2, 0.25) is 0 Å². The average molecular weight is 746 g/mol. The van der Waals surface area contributed by atoms with E-state index in [0.717, 1.165) is 16.8 Å². The Morgan fingerprint density at radius 3 is 1.34 bits per heavy atom. The first kappa shape index (κ1) is 32.5. The van der Waals surface area contributed by atoms with Crippen LogP contribution < -0.4 is 0 Å². The molecule has 0 saturated heterocycles. The number of pyridine rings is 1. The third-order valence-electron chi connectivity index (χ3n) is 13.2. The summed E-state index contributed by atoms with van der Waals surface area (Å²) in [7, 11) is 0. The number of hydrogen-bond donors (Lipinski definition) is 0. The van der Waals surface area contributed by atoms with E-state index in [1.54, 1.807) is 0 Å². The molecular weight excluding hydrogens is 711 g/mol. The van der Waals surface area contributed by atoms with Gasteiger partial charge in [0.05, 0.1) is 16.6 Å². The Morgan fingerprint density at radius 1 is 0.271 bits per heavy atom. The van der Waals surface area contributed by atoms with Crippen molar-refractivity contribution in [2.75, 3.05) is 0 Å². The van der Waals surface area contributed by atoms with Gasteiger partial charge in [-0.25, -0.2) is 4.98 Å². The van der Waals surface area contributed by atoms with Crippen molar-refractivity contribution in [1.29, 1.82) is 0 Å². The van der Waals surface area contributed by atoms with Crippen molar-refractivity contribution in [2.24, 2.45) is 0 Å². The van der Waals surface area contributed by atoms with Crippen molar-refractivity contribution in [3.05, 3.63) is 235 Å². The zero-order chi connectivity index (χ0) is 38.7. The van der Waals surface area contributed by atoms with E-state index in [1.807, 2.05) is 0 Å². The van der Waals surface area contributed by atoms with Gasteiger partial charge in [-0.3, -0.25) is 0 Å². The van der Waals surface area contributed by atoms with E-state index in [4.69, 9.17) is 4.98 Å². The summed E-state index contributed by atoms with van der Waals surface area (Å²) in [6, 6.07) is 78.6. The lowest BCUT2D eigenvalue weighted by atomic mass is 9.70. The molecule has 0 N–H and O–H groups in total. The molecule has 59 heavy (non-hydrogen) atoms. The van der Waals surface area contributed by atoms with Crippen molar-refractivity contribution in [1.82, 2.24) is 4.98 Å². The molecule has 0 aliphatic heterocycles. The highest BCUT2D eigenvalue weighted by Crippen LogP contribution is 2.63. The minimum absolute atomic E-state index is 0.411. The number of nitrogens with zero attached hydrogens (tertiary/aromatic N) is 1. The van der Waals surface area contributed by atoms with Gasteiger partial charge < -0.3 is 0 Å². The van der Waals surface area contributed by atoms with Crippen LogP contribution in [0.1, 0.15) is 22.3 Å². The Labute approximate surface area is 342 Å². The molecule has 1 spiro atoms. The van der Waals surface area contributed by atoms with E-state index in [9.17, 15) is 0 Å². The molecule has 1 heteroatoms. The molecule has 0 amide bonds. The number of fused-ring (bicyclic) bond motifs is 15. The first-order valence-corrected chi connectivity index (χ1v) is 20.5. The Balaban J connectivity index is 1.10. The van der Waals surface area contributed by atoms with Gasteiger partial charge >= 0.3 is 0 Å². The van der Waals surface area contributed by atoms with Crippen molar-refractivity contribution in [3.8, 4) is 55.8 Å². The average Bonchev–Trinajstić information content (AvgIpc) is 3.77. The van der Waals surface area contributed by atoms with Gasteiger partial charge in [-0.1, -0.05) is 188 Å². The predicted molar refractivity (Wildman–Crippen MR) is 247 cm³/mol. The van der Waals surface area contributed by atoms with E-state index in [0.29, 0.717) is 0 Å². The number of rotatable bonds is 3. The van der Waals surface area contributed by atoms with Crippen LogP contribution in [0.5, 0.6) is 0 Å². The van der Waals surface area contributed by atoms with Gasteiger partial charge in [0, 0.05) is 16.3 Å². The second kappa shape index (κ2) is 12.2. The second-order valence-corrected chi connectivity index (χ2v) is 16.1. The molecule has 2 aliphatic carbocycles. The van der Waals surface area contributed by atoms with Gasteiger partial charge in [0.2, 0.25) is 0 Å². The monoisotopic (exact) mass is 745 g/mol. The molecule has 11 aromatic rings. The maximum absolute atomic E-state index is 5.53. The Morgan fingerprint density at radius 2 is 0.729 bits per heavy atom. The van der Waals surface area contributed by atoms with Crippen molar-refractivity contribution in [2.45, 2.75) is 5.41 Å². The van der Waals surface area contributed by atoms with Crippen LogP contribution >= 0.6 is 0 Å². The molecule has 0 radical (unpaired) electrons. The summed E-state index contributed by atoms with van der Waals surface area (Å²) in [4.78, 5) is 5.53. The molecule has 10 aromatic carbocycles. The summed E-state index contributed by atoms with van der Waals surface area (Å²) in [5.74, 6) is 0. The topological polar surface area (TPSA) is 12.9 Å². The summed E-state index contributed by atoms with van der Waals surface area (Å²) in [6.45, 7) is 0. The van der Waals surface area contributed by atoms with Gasteiger partial charge in [0.1, 0.15) is 0 Å². The van der Waals surface area contributed by atoms with E-state index in [1.165, 1.54) is 104 Å². The summed E-state index contributed by atoms with van der Waals surface area (Å²) in [6.07, 6.45) is 0. The predicted octanol–water partition coefficient (Wildman–Crippen LogP) is 15.0. The summed E-state index contributed by atoms with van der Waals surface area (Å²) in [5, 5.41) is 8.57. The van der Waals surface area contributed by atoms with E-state index in [2.05, 4.69) is 212 Å². The quantitative estimate of drug-likeness (QED) is 0.130. The molecule has 0 atom stereocenters. The van der Waals surface area contributed by atoms with E-state index in [-0.39, 0.29) is 0 Å². The van der Waals surface area contributed by atoms with Crippen molar-refractivity contribution in [3.63, 3.8) is 0 Å². The number of para-hydroxylation sites is 1. The zero-order valence-electron chi connectivity index (χ0n) is 32.2. The minimum atomic E-state index is -0.411. The molecule has 0 saturated carbocycles. The van der Waals surface area contributed by atoms with Crippen LogP contribution in [-0.2, 0) is 5.41 Å². The molecule has 0 unspecified atom stereocenters. The lowest BCUT2D eigenvalue weighted by molar-refractivity contribution is 0.795. The Bertz CT molecular complexity index is 3460. The van der Waals surface area contributed by atoms with Gasteiger partial charge in [0.25, 0.3) is 0 Å². The summed E-state index contributed by atoms with van der Waals surface area (Å²) in [5.41, 5.74) is 18.3. The zero-order valence-corrected chi connectivity index (χ0v) is 32.2. The fourth-order valence-electron chi connectivity index (χ4n) is 10.9. The van der Waals surface area contributed by atoms with Crippen molar-refractivity contribution >= 4 is 43.2 Å². The normalized spacial score (nSPS) is 13.2. The van der Waals surface area contributed by atoms with Crippen LogP contribution in [0.3, 0.4) is 0 Å². The van der Waals surface area contributed by atoms with Gasteiger partial charge in [0.15, 0.2) is 0 Å². The molecule has 272 valence electrons. The highest BCUT2D eigenvalue weighted by atomic mass is 14.7. The SMILES string of the molecule is c1ccc(-c2c3ccccc3c(-c3cccc(-c4nc5ccccc5c5cc6c(cc45)-c4ccccc4C64c5ccccc5-c5ccccc54)c3)c3ccccc23)cc1. The highest BCUT2D eigenvalue weighted by Gasteiger charge is 2.51. The lowest BCUT2D eigenvalue weighted by Crippen LogP contribution is -2.25. The molecule has 1 heterocycles. The fourth-order valence-corrected chi connectivity index (χ4v) is 10.9. The minimum Gasteiger partial charge on any atom is -0.247 e. The molecule has 2 aliphatic rings.